The number of hydrogen-bond acceptors (Lipinski definition) is 7. The number of nitrogens with zero attached hydrogens (tertiary/aromatic N) is 2. The van der Waals surface area contributed by atoms with Crippen LogP contribution in [0.15, 0.2) is 18.2 Å². The maximum absolute atomic E-state index is 13.2. The summed E-state index contributed by atoms with van der Waals surface area (Å²) in [5.74, 6) is -3.16. The smallest absolute Gasteiger partial charge is 0.424 e. The number of rotatable bonds is 2. The Kier molecular flexibility index (Phi) is 4.20. The second-order valence-corrected chi connectivity index (χ2v) is 8.83. The van der Waals surface area contributed by atoms with Gasteiger partial charge < -0.3 is 4.74 Å². The molecule has 1 saturated heterocycles. The molecule has 1 spiro atoms. The first-order valence-electron chi connectivity index (χ1n) is 9.58. The number of carbonyl (C=O) groups excluding carboxylic acids is 6. The molecule has 2 heterocycles. The number of benzene rings is 1. The highest BCUT2D eigenvalue weighted by molar-refractivity contribution is 6.26. The molecule has 9 nitrogen and oxygen atoms in total. The van der Waals surface area contributed by atoms with Crippen molar-refractivity contribution < 1.29 is 33.5 Å². The lowest BCUT2D eigenvalue weighted by atomic mass is 9.89. The maximum Gasteiger partial charge on any atom is 0.424 e. The average Bonchev–Trinajstić information content (AvgIpc) is 3.39. The van der Waals surface area contributed by atoms with E-state index < -0.39 is 46.8 Å². The molecule has 0 aromatic heterocycles. The van der Waals surface area contributed by atoms with Crippen molar-refractivity contribution in [3.63, 3.8) is 0 Å². The van der Waals surface area contributed by atoms with Gasteiger partial charge in [0, 0.05) is 5.56 Å². The Hall–Kier alpha value is -3.36. The second kappa shape index (κ2) is 6.32. The van der Waals surface area contributed by atoms with Crippen molar-refractivity contribution in [3.05, 3.63) is 34.9 Å². The molecule has 5 amide bonds. The Morgan fingerprint density at radius 2 is 1.80 bits per heavy atom. The predicted molar refractivity (Wildman–Crippen MR) is 100 cm³/mol. The zero-order valence-electron chi connectivity index (χ0n) is 16.8. The van der Waals surface area contributed by atoms with Crippen LogP contribution in [0.25, 0.3) is 0 Å². The van der Waals surface area contributed by atoms with Crippen molar-refractivity contribution >= 4 is 36.0 Å². The molecule has 156 valence electrons. The predicted octanol–water partition coefficient (Wildman–Crippen LogP) is 1.94. The van der Waals surface area contributed by atoms with Crippen molar-refractivity contribution in [2.24, 2.45) is 5.41 Å². The van der Waals surface area contributed by atoms with E-state index in [9.17, 15) is 28.8 Å². The van der Waals surface area contributed by atoms with Crippen LogP contribution in [0.5, 0.6) is 0 Å². The van der Waals surface area contributed by atoms with Gasteiger partial charge in [-0.2, -0.15) is 4.90 Å². The van der Waals surface area contributed by atoms with E-state index in [1.54, 1.807) is 20.8 Å². The Bertz CT molecular complexity index is 1030. The minimum absolute atomic E-state index is 0.0166. The molecule has 1 aromatic carbocycles. The Balaban J connectivity index is 1.73. The first-order valence-corrected chi connectivity index (χ1v) is 9.58. The Morgan fingerprint density at radius 3 is 2.37 bits per heavy atom. The van der Waals surface area contributed by atoms with Gasteiger partial charge in [0.2, 0.25) is 5.91 Å². The molecule has 2 fully saturated rings. The summed E-state index contributed by atoms with van der Waals surface area (Å²) in [6.45, 7) is 4.79. The van der Waals surface area contributed by atoms with Gasteiger partial charge in [-0.15, -0.1) is 0 Å². The van der Waals surface area contributed by atoms with Gasteiger partial charge in [-0.25, -0.2) is 4.79 Å². The number of carbonyl (C=O) groups is 6. The number of hydrogen-bond donors (Lipinski definition) is 0. The summed E-state index contributed by atoms with van der Waals surface area (Å²) in [5.41, 5.74) is -1.94. The van der Waals surface area contributed by atoms with Crippen LogP contribution in [-0.4, -0.2) is 57.5 Å². The van der Waals surface area contributed by atoms with Crippen LogP contribution in [0, 0.1) is 5.41 Å². The third kappa shape index (κ3) is 2.84. The van der Waals surface area contributed by atoms with E-state index in [-0.39, 0.29) is 23.1 Å². The Labute approximate surface area is 171 Å². The van der Waals surface area contributed by atoms with Gasteiger partial charge in [0.1, 0.15) is 11.6 Å². The first kappa shape index (κ1) is 19.9. The monoisotopic (exact) mass is 412 g/mol. The van der Waals surface area contributed by atoms with E-state index in [2.05, 4.69) is 0 Å². The van der Waals surface area contributed by atoms with Gasteiger partial charge in [0.25, 0.3) is 17.7 Å². The van der Waals surface area contributed by atoms with Crippen LogP contribution in [0.3, 0.4) is 0 Å². The van der Waals surface area contributed by atoms with Gasteiger partial charge in [0.15, 0.2) is 6.29 Å². The lowest BCUT2D eigenvalue weighted by Crippen LogP contribution is -2.61. The minimum Gasteiger partial charge on any atom is -0.443 e. The molecule has 1 unspecified atom stereocenters. The minimum atomic E-state index is -1.33. The van der Waals surface area contributed by atoms with E-state index >= 15 is 0 Å². The van der Waals surface area contributed by atoms with Gasteiger partial charge in [-0.05, 0) is 46.1 Å². The summed E-state index contributed by atoms with van der Waals surface area (Å²) in [6, 6.07) is 2.95. The van der Waals surface area contributed by atoms with E-state index in [1.807, 2.05) is 0 Å². The van der Waals surface area contributed by atoms with Crippen LogP contribution in [0.4, 0.5) is 4.79 Å². The molecular formula is C21H20N2O7. The number of imide groups is 4. The Morgan fingerprint density at radius 1 is 1.13 bits per heavy atom. The van der Waals surface area contributed by atoms with Crippen LogP contribution >= 0.6 is 0 Å². The van der Waals surface area contributed by atoms with Crippen molar-refractivity contribution in [3.8, 4) is 0 Å². The number of fused-ring (bicyclic) bond motifs is 1. The number of likely N-dealkylation sites (tertiary alicyclic amines) is 1. The van der Waals surface area contributed by atoms with Crippen LogP contribution in [0.2, 0.25) is 0 Å². The molecule has 3 aliphatic rings. The molecule has 1 atom stereocenters. The van der Waals surface area contributed by atoms with Crippen molar-refractivity contribution in [2.45, 2.75) is 51.7 Å². The molecule has 0 radical (unpaired) electrons. The highest BCUT2D eigenvalue weighted by atomic mass is 16.6. The third-order valence-electron chi connectivity index (χ3n) is 5.59. The zero-order chi connectivity index (χ0) is 22.0. The highest BCUT2D eigenvalue weighted by Gasteiger charge is 2.63. The highest BCUT2D eigenvalue weighted by Crippen LogP contribution is 2.54. The summed E-state index contributed by atoms with van der Waals surface area (Å²) < 4.78 is 5.21. The molecule has 0 bridgehead atoms. The van der Waals surface area contributed by atoms with Crippen molar-refractivity contribution in [2.75, 3.05) is 0 Å². The van der Waals surface area contributed by atoms with Gasteiger partial charge in [0.05, 0.1) is 16.5 Å². The molecule has 9 heteroatoms. The number of ether oxygens (including phenoxy) is 1. The molecule has 1 aliphatic carbocycles. The fourth-order valence-corrected chi connectivity index (χ4v) is 3.99. The molecule has 1 saturated carbocycles. The lowest BCUT2D eigenvalue weighted by Gasteiger charge is -2.38. The van der Waals surface area contributed by atoms with Crippen molar-refractivity contribution in [1.29, 1.82) is 0 Å². The van der Waals surface area contributed by atoms with Gasteiger partial charge >= 0.3 is 6.09 Å². The third-order valence-corrected chi connectivity index (χ3v) is 5.59. The normalized spacial score (nSPS) is 22.4. The van der Waals surface area contributed by atoms with Gasteiger partial charge in [-0.1, -0.05) is 12.1 Å². The molecule has 1 aromatic rings. The van der Waals surface area contributed by atoms with E-state index in [0.29, 0.717) is 24.0 Å². The number of amides is 5. The molecule has 4 rings (SSSR count). The maximum atomic E-state index is 13.2. The first-order chi connectivity index (χ1) is 14.0. The summed E-state index contributed by atoms with van der Waals surface area (Å²) >= 11 is 0. The largest absolute Gasteiger partial charge is 0.443 e. The van der Waals surface area contributed by atoms with Crippen LogP contribution in [0.1, 0.15) is 71.1 Å². The average molecular weight is 412 g/mol. The van der Waals surface area contributed by atoms with E-state index in [4.69, 9.17) is 4.74 Å². The second-order valence-electron chi connectivity index (χ2n) is 8.83. The SMILES string of the molecule is CC(C)(C)OC(=O)N1C(=O)C(N2C(=O)c3cccc(C=O)c3C2=O)CC2(CC2)C1=O. The summed E-state index contributed by atoms with van der Waals surface area (Å²) in [5, 5.41) is 0. The summed E-state index contributed by atoms with van der Waals surface area (Å²) in [4.78, 5) is 77.1. The number of aldehydes is 1. The van der Waals surface area contributed by atoms with Crippen molar-refractivity contribution in [1.82, 2.24) is 9.80 Å². The quantitative estimate of drug-likeness (QED) is 0.538. The van der Waals surface area contributed by atoms with Crippen LogP contribution in [-0.2, 0) is 14.3 Å². The lowest BCUT2D eigenvalue weighted by molar-refractivity contribution is -0.155. The van der Waals surface area contributed by atoms with Gasteiger partial charge in [-0.3, -0.25) is 28.9 Å². The molecule has 0 N–H and O–H groups in total. The fourth-order valence-electron chi connectivity index (χ4n) is 3.99. The molecule has 30 heavy (non-hydrogen) atoms. The van der Waals surface area contributed by atoms with Crippen LogP contribution < -0.4 is 0 Å². The molecule has 2 aliphatic heterocycles. The zero-order valence-corrected chi connectivity index (χ0v) is 16.8. The number of piperidine rings is 1. The fraction of sp³-hybridized carbons (Fsp3) is 0.429. The molecular weight excluding hydrogens is 392 g/mol. The standard InChI is InChI=1S/C21H20N2O7/c1-20(2,3)30-19(29)23-16(26)13(9-21(7-8-21)18(23)28)22-15(25)12-6-4-5-11(10-24)14(12)17(22)27/h4-6,10,13H,7-9H2,1-3H3. The summed E-state index contributed by atoms with van der Waals surface area (Å²) in [6.07, 6.45) is 0.176. The summed E-state index contributed by atoms with van der Waals surface area (Å²) in [7, 11) is 0. The topological polar surface area (TPSA) is 118 Å². The van der Waals surface area contributed by atoms with E-state index in [0.717, 1.165) is 4.90 Å². The van der Waals surface area contributed by atoms with E-state index in [1.165, 1.54) is 18.2 Å².